The minimum absolute atomic E-state index is 0.181. The minimum atomic E-state index is 0.181. The number of nitrogens with one attached hydrogen (secondary N) is 2. The molecule has 2 fully saturated rings. The van der Waals surface area contributed by atoms with Gasteiger partial charge in [-0.25, -0.2) is 0 Å². The molecule has 0 spiro atoms. The molecule has 0 aliphatic carbocycles. The number of hydrogen-bond donors (Lipinski definition) is 2. The van der Waals surface area contributed by atoms with E-state index in [2.05, 4.69) is 17.6 Å². The molecule has 0 aromatic heterocycles. The van der Waals surface area contributed by atoms with Crippen LogP contribution in [0.5, 0.6) is 0 Å². The molecule has 2 heterocycles. The highest BCUT2D eigenvalue weighted by molar-refractivity contribution is 5.76. The zero-order chi connectivity index (χ0) is 10.7. The second-order valence-electron chi connectivity index (χ2n) is 5.08. The van der Waals surface area contributed by atoms with E-state index in [0.29, 0.717) is 17.9 Å². The van der Waals surface area contributed by atoms with Crippen molar-refractivity contribution in [1.29, 1.82) is 0 Å². The van der Waals surface area contributed by atoms with Crippen LogP contribution in [0, 0.1) is 5.41 Å². The van der Waals surface area contributed by atoms with E-state index in [0.717, 1.165) is 39.1 Å². The average molecular weight is 212 g/mol. The van der Waals surface area contributed by atoms with E-state index in [4.69, 9.17) is 4.74 Å². The van der Waals surface area contributed by atoms with Gasteiger partial charge < -0.3 is 15.4 Å². The Bertz CT molecular complexity index is 239. The number of hydrogen-bond acceptors (Lipinski definition) is 3. The topological polar surface area (TPSA) is 50.4 Å². The maximum atomic E-state index is 11.3. The van der Waals surface area contributed by atoms with Gasteiger partial charge in [-0.1, -0.05) is 6.92 Å². The van der Waals surface area contributed by atoms with Gasteiger partial charge in [0.25, 0.3) is 0 Å². The Morgan fingerprint density at radius 3 is 3.07 bits per heavy atom. The summed E-state index contributed by atoms with van der Waals surface area (Å²) in [5, 5.41) is 6.39. The van der Waals surface area contributed by atoms with Crippen LogP contribution in [0.3, 0.4) is 0 Å². The van der Waals surface area contributed by atoms with Crippen LogP contribution in [0.1, 0.15) is 26.2 Å². The van der Waals surface area contributed by atoms with E-state index in [1.54, 1.807) is 0 Å². The van der Waals surface area contributed by atoms with Crippen molar-refractivity contribution < 1.29 is 9.53 Å². The first kappa shape index (κ1) is 10.9. The highest BCUT2D eigenvalue weighted by Crippen LogP contribution is 2.25. The van der Waals surface area contributed by atoms with Gasteiger partial charge in [-0.15, -0.1) is 0 Å². The normalized spacial score (nSPS) is 30.2. The van der Waals surface area contributed by atoms with E-state index in [1.807, 2.05) is 0 Å². The Hall–Kier alpha value is -0.610. The van der Waals surface area contributed by atoms with Crippen LogP contribution in [0.25, 0.3) is 0 Å². The van der Waals surface area contributed by atoms with E-state index < -0.39 is 0 Å². The Balaban J connectivity index is 1.75. The maximum Gasteiger partial charge on any atom is 0.221 e. The van der Waals surface area contributed by atoms with Crippen LogP contribution in [0.4, 0.5) is 0 Å². The van der Waals surface area contributed by atoms with Crippen molar-refractivity contribution >= 4 is 5.91 Å². The monoisotopic (exact) mass is 212 g/mol. The van der Waals surface area contributed by atoms with Gasteiger partial charge in [0.2, 0.25) is 5.91 Å². The second-order valence-corrected chi connectivity index (χ2v) is 5.08. The molecular weight excluding hydrogens is 192 g/mol. The van der Waals surface area contributed by atoms with Gasteiger partial charge in [0.15, 0.2) is 0 Å². The summed E-state index contributed by atoms with van der Waals surface area (Å²) < 4.78 is 5.20. The van der Waals surface area contributed by atoms with Crippen LogP contribution >= 0.6 is 0 Å². The molecule has 2 N–H and O–H groups in total. The molecule has 15 heavy (non-hydrogen) atoms. The highest BCUT2D eigenvalue weighted by Gasteiger charge is 2.33. The van der Waals surface area contributed by atoms with Crippen molar-refractivity contribution in [2.75, 3.05) is 26.3 Å². The Kier molecular flexibility index (Phi) is 3.26. The lowest BCUT2D eigenvalue weighted by atomic mass is 9.88. The standard InChI is InChI=1S/C11H20N2O2/c1-11(7-15-8-11)6-13-9-3-2-4-12-10(14)5-9/h9,13H,2-8H2,1H3,(H,12,14). The van der Waals surface area contributed by atoms with Gasteiger partial charge in [0.05, 0.1) is 13.2 Å². The van der Waals surface area contributed by atoms with Crippen LogP contribution in [-0.2, 0) is 9.53 Å². The molecule has 2 aliphatic heterocycles. The molecule has 1 atom stereocenters. The van der Waals surface area contributed by atoms with E-state index in [-0.39, 0.29) is 5.91 Å². The summed E-state index contributed by atoms with van der Waals surface area (Å²) in [5.74, 6) is 0.181. The number of amides is 1. The van der Waals surface area contributed by atoms with Crippen LogP contribution in [0.2, 0.25) is 0 Å². The summed E-state index contributed by atoms with van der Waals surface area (Å²) in [4.78, 5) is 11.3. The van der Waals surface area contributed by atoms with Gasteiger partial charge in [-0.2, -0.15) is 0 Å². The van der Waals surface area contributed by atoms with E-state index >= 15 is 0 Å². The molecule has 2 aliphatic rings. The van der Waals surface area contributed by atoms with Crippen molar-refractivity contribution in [2.45, 2.75) is 32.2 Å². The molecule has 0 aromatic rings. The molecule has 0 saturated carbocycles. The zero-order valence-electron chi connectivity index (χ0n) is 9.34. The first-order valence-corrected chi connectivity index (χ1v) is 5.76. The van der Waals surface area contributed by atoms with Crippen LogP contribution in [0.15, 0.2) is 0 Å². The molecule has 4 nitrogen and oxygen atoms in total. The first-order chi connectivity index (χ1) is 7.18. The quantitative estimate of drug-likeness (QED) is 0.706. The molecule has 0 bridgehead atoms. The van der Waals surface area contributed by atoms with Crippen LogP contribution in [-0.4, -0.2) is 38.3 Å². The lowest BCUT2D eigenvalue weighted by Crippen LogP contribution is -2.49. The van der Waals surface area contributed by atoms with E-state index in [1.165, 1.54) is 0 Å². The fraction of sp³-hybridized carbons (Fsp3) is 0.909. The molecule has 86 valence electrons. The number of rotatable bonds is 3. The van der Waals surface area contributed by atoms with Crippen LogP contribution < -0.4 is 10.6 Å². The summed E-state index contributed by atoms with van der Waals surface area (Å²) in [7, 11) is 0. The van der Waals surface area contributed by atoms with Crippen molar-refractivity contribution in [3.8, 4) is 0 Å². The SMILES string of the molecule is CC1(CNC2CCCNC(=O)C2)COC1. The number of ether oxygens (including phenoxy) is 1. The van der Waals surface area contributed by atoms with Crippen molar-refractivity contribution in [2.24, 2.45) is 5.41 Å². The number of carbonyl (C=O) groups excluding carboxylic acids is 1. The van der Waals surface area contributed by atoms with Gasteiger partial charge in [-0.3, -0.25) is 4.79 Å². The summed E-state index contributed by atoms with van der Waals surface area (Å²) in [6, 6.07) is 0.352. The molecule has 2 saturated heterocycles. The fourth-order valence-corrected chi connectivity index (χ4v) is 2.09. The third kappa shape index (κ3) is 2.92. The zero-order valence-corrected chi connectivity index (χ0v) is 9.34. The van der Waals surface area contributed by atoms with Gasteiger partial charge in [0.1, 0.15) is 0 Å². The van der Waals surface area contributed by atoms with Crippen molar-refractivity contribution in [3.63, 3.8) is 0 Å². The third-order valence-electron chi connectivity index (χ3n) is 3.20. The minimum Gasteiger partial charge on any atom is -0.380 e. The van der Waals surface area contributed by atoms with Crippen molar-refractivity contribution in [1.82, 2.24) is 10.6 Å². The summed E-state index contributed by atoms with van der Waals surface area (Å²) in [6.07, 6.45) is 2.79. The predicted molar refractivity (Wildman–Crippen MR) is 57.6 cm³/mol. The molecule has 4 heteroatoms. The summed E-state index contributed by atoms with van der Waals surface area (Å²) in [5.41, 5.74) is 0.294. The lowest BCUT2D eigenvalue weighted by Gasteiger charge is -2.39. The Morgan fingerprint density at radius 1 is 1.60 bits per heavy atom. The molecule has 0 aromatic carbocycles. The average Bonchev–Trinajstić information content (AvgIpc) is 2.37. The molecule has 1 unspecified atom stereocenters. The second kappa shape index (κ2) is 4.49. The first-order valence-electron chi connectivity index (χ1n) is 5.76. The largest absolute Gasteiger partial charge is 0.380 e. The van der Waals surface area contributed by atoms with Gasteiger partial charge in [-0.05, 0) is 12.8 Å². The van der Waals surface area contributed by atoms with Gasteiger partial charge >= 0.3 is 0 Å². The predicted octanol–water partition coefficient (Wildman–Crippen LogP) is 0.281. The molecular formula is C11H20N2O2. The van der Waals surface area contributed by atoms with Gasteiger partial charge in [0, 0.05) is 31.0 Å². The summed E-state index contributed by atoms with van der Waals surface area (Å²) >= 11 is 0. The Labute approximate surface area is 90.8 Å². The molecule has 2 rings (SSSR count). The smallest absolute Gasteiger partial charge is 0.221 e. The maximum absolute atomic E-state index is 11.3. The molecule has 1 amide bonds. The summed E-state index contributed by atoms with van der Waals surface area (Å²) in [6.45, 7) is 5.71. The Morgan fingerprint density at radius 2 is 2.40 bits per heavy atom. The molecule has 0 radical (unpaired) electrons. The van der Waals surface area contributed by atoms with E-state index in [9.17, 15) is 4.79 Å². The third-order valence-corrected chi connectivity index (χ3v) is 3.20. The lowest BCUT2D eigenvalue weighted by molar-refractivity contribution is -0.121. The van der Waals surface area contributed by atoms with Crippen molar-refractivity contribution in [3.05, 3.63) is 0 Å². The fourth-order valence-electron chi connectivity index (χ4n) is 2.09. The number of carbonyl (C=O) groups is 1. The highest BCUT2D eigenvalue weighted by atomic mass is 16.5.